The molecule has 0 aliphatic heterocycles. The van der Waals surface area contributed by atoms with Crippen molar-refractivity contribution in [3.8, 4) is 0 Å². The second kappa shape index (κ2) is 8.33. The Balaban J connectivity index is 1.46. The van der Waals surface area contributed by atoms with Crippen LogP contribution in [0.25, 0.3) is 0 Å². The van der Waals surface area contributed by atoms with Crippen molar-refractivity contribution in [3.63, 3.8) is 0 Å². The zero-order valence-electron chi connectivity index (χ0n) is 15.3. The maximum Gasteiger partial charge on any atom is 0.240 e. The second-order valence-corrected chi connectivity index (χ2v) is 10.1. The summed E-state index contributed by atoms with van der Waals surface area (Å²) in [6, 6.07) is 12.6. The first-order valence-corrected chi connectivity index (χ1v) is 12.0. The topological polar surface area (TPSA) is 59.1 Å². The van der Waals surface area contributed by atoms with E-state index in [0.717, 1.165) is 30.7 Å². The van der Waals surface area contributed by atoms with Gasteiger partial charge < -0.3 is 0 Å². The highest BCUT2D eigenvalue weighted by atomic mass is 35.5. The molecule has 1 unspecified atom stereocenters. The number of sulfonamides is 1. The first-order valence-electron chi connectivity index (χ1n) is 9.27. The van der Waals surface area contributed by atoms with Crippen molar-refractivity contribution >= 4 is 33.0 Å². The van der Waals surface area contributed by atoms with Gasteiger partial charge in [-0.05, 0) is 66.6 Å². The minimum absolute atomic E-state index is 0.0950. The van der Waals surface area contributed by atoms with Gasteiger partial charge in [0.25, 0.3) is 0 Å². The quantitative estimate of drug-likeness (QED) is 0.627. The van der Waals surface area contributed by atoms with Crippen molar-refractivity contribution < 1.29 is 8.42 Å². The molecule has 0 saturated heterocycles. The molecule has 1 aliphatic carbocycles. The molecule has 1 N–H and O–H groups in total. The van der Waals surface area contributed by atoms with Gasteiger partial charge in [0.05, 0.1) is 9.90 Å². The number of benzene rings is 2. The minimum atomic E-state index is -3.54. The molecule has 3 aromatic rings. The molecule has 0 amide bonds. The maximum absolute atomic E-state index is 12.7. The number of hydrogen-bond donors (Lipinski definition) is 1. The van der Waals surface area contributed by atoms with E-state index >= 15 is 0 Å². The van der Waals surface area contributed by atoms with E-state index in [1.165, 1.54) is 28.8 Å². The van der Waals surface area contributed by atoms with Crippen LogP contribution in [0.15, 0.2) is 58.9 Å². The molecule has 28 heavy (non-hydrogen) atoms. The van der Waals surface area contributed by atoms with E-state index in [1.54, 1.807) is 23.5 Å². The Bertz CT molecular complexity index is 1050. The normalized spacial score (nSPS) is 16.7. The number of fused-ring (bicyclic) bond motifs is 1. The Kier molecular flexibility index (Phi) is 5.83. The number of aryl methyl sites for hydroxylation is 2. The van der Waals surface area contributed by atoms with Crippen molar-refractivity contribution in [2.45, 2.75) is 43.0 Å². The lowest BCUT2D eigenvalue weighted by molar-refractivity contribution is 0.506. The van der Waals surface area contributed by atoms with Crippen LogP contribution in [-0.2, 0) is 35.7 Å². The van der Waals surface area contributed by atoms with Gasteiger partial charge in [0.2, 0.25) is 10.0 Å². The van der Waals surface area contributed by atoms with Crippen molar-refractivity contribution in [1.82, 2.24) is 9.71 Å². The van der Waals surface area contributed by atoms with Crippen molar-refractivity contribution in [3.05, 3.63) is 80.8 Å². The van der Waals surface area contributed by atoms with E-state index < -0.39 is 10.0 Å². The van der Waals surface area contributed by atoms with E-state index in [9.17, 15) is 8.42 Å². The smallest absolute Gasteiger partial charge is 0.240 e. The average Bonchev–Trinajstić information content (AvgIpc) is 3.20. The second-order valence-electron chi connectivity index (χ2n) is 7.00. The van der Waals surface area contributed by atoms with Crippen LogP contribution in [-0.4, -0.2) is 19.4 Å². The molecule has 4 nitrogen and oxygen atoms in total. The third-order valence-electron chi connectivity index (χ3n) is 5.12. The summed E-state index contributed by atoms with van der Waals surface area (Å²) in [5, 5.41) is 3.69. The molecule has 146 valence electrons. The first-order chi connectivity index (χ1) is 13.5. The standard InChI is InChI=1S/C21H21ClN2O2S2/c22-17-5-8-19(9-6-17)28(25,26)24-18-7-10-20-15(2-1-3-16(20)14-18)4-11-21-23-12-13-27-21/h1-3,5-6,8-9,12-13,18,24H,4,7,10-11,14H2. The minimum Gasteiger partial charge on any atom is -0.250 e. The fraction of sp³-hybridized carbons (Fsp3) is 0.286. The molecule has 0 bridgehead atoms. The van der Waals surface area contributed by atoms with E-state index in [-0.39, 0.29) is 10.9 Å². The molecule has 0 saturated carbocycles. The number of nitrogens with zero attached hydrogens (tertiary/aromatic N) is 1. The summed E-state index contributed by atoms with van der Waals surface area (Å²) in [5.74, 6) is 0. The van der Waals surface area contributed by atoms with Gasteiger partial charge in [-0.15, -0.1) is 11.3 Å². The van der Waals surface area contributed by atoms with Gasteiger partial charge in [0.1, 0.15) is 0 Å². The highest BCUT2D eigenvalue weighted by Crippen LogP contribution is 2.27. The number of nitrogens with one attached hydrogen (secondary N) is 1. The summed E-state index contributed by atoms with van der Waals surface area (Å²) in [6.07, 6.45) is 6.16. The first kappa shape index (κ1) is 19.6. The molecule has 0 spiro atoms. The molecule has 7 heteroatoms. The zero-order valence-corrected chi connectivity index (χ0v) is 17.7. The van der Waals surface area contributed by atoms with Crippen LogP contribution < -0.4 is 4.72 Å². The molecule has 1 aliphatic rings. The molecule has 4 rings (SSSR count). The number of rotatable bonds is 6. The van der Waals surface area contributed by atoms with Crippen LogP contribution in [0.5, 0.6) is 0 Å². The molecule has 0 radical (unpaired) electrons. The van der Waals surface area contributed by atoms with E-state index in [4.69, 9.17) is 11.6 Å². The largest absolute Gasteiger partial charge is 0.250 e. The van der Waals surface area contributed by atoms with Gasteiger partial charge in [-0.3, -0.25) is 0 Å². The van der Waals surface area contributed by atoms with E-state index in [0.29, 0.717) is 11.4 Å². The lowest BCUT2D eigenvalue weighted by atomic mass is 9.85. The van der Waals surface area contributed by atoms with Crippen LogP contribution in [0.2, 0.25) is 5.02 Å². The van der Waals surface area contributed by atoms with Gasteiger partial charge >= 0.3 is 0 Å². The number of aromatic nitrogens is 1. The summed E-state index contributed by atoms with van der Waals surface area (Å²) in [6.45, 7) is 0. The Labute approximate surface area is 174 Å². The Hall–Kier alpha value is -1.73. The molecule has 1 atom stereocenters. The van der Waals surface area contributed by atoms with Crippen molar-refractivity contribution in [2.75, 3.05) is 0 Å². The fourth-order valence-corrected chi connectivity index (χ4v) is 5.76. The summed E-state index contributed by atoms with van der Waals surface area (Å²) in [7, 11) is -3.54. The van der Waals surface area contributed by atoms with Crippen LogP contribution in [0.3, 0.4) is 0 Å². The Morgan fingerprint density at radius 1 is 1.14 bits per heavy atom. The van der Waals surface area contributed by atoms with Crippen LogP contribution in [0.1, 0.15) is 28.1 Å². The molecular weight excluding hydrogens is 412 g/mol. The summed E-state index contributed by atoms with van der Waals surface area (Å²) in [5.41, 5.74) is 3.97. The predicted octanol–water partition coefficient (Wildman–Crippen LogP) is 4.42. The van der Waals surface area contributed by atoms with E-state index in [1.807, 2.05) is 11.6 Å². The Morgan fingerprint density at radius 3 is 2.71 bits per heavy atom. The van der Waals surface area contributed by atoms with Gasteiger partial charge in [-0.1, -0.05) is 29.8 Å². The van der Waals surface area contributed by atoms with E-state index in [2.05, 4.69) is 27.9 Å². The van der Waals surface area contributed by atoms with Crippen LogP contribution >= 0.6 is 22.9 Å². The monoisotopic (exact) mass is 432 g/mol. The molecule has 1 heterocycles. The molecule has 0 fully saturated rings. The lowest BCUT2D eigenvalue weighted by Crippen LogP contribution is -2.39. The molecule has 1 aromatic heterocycles. The summed E-state index contributed by atoms with van der Waals surface area (Å²) < 4.78 is 28.2. The van der Waals surface area contributed by atoms with Gasteiger partial charge in [-0.2, -0.15) is 0 Å². The van der Waals surface area contributed by atoms with Crippen LogP contribution in [0, 0.1) is 0 Å². The third-order valence-corrected chi connectivity index (χ3v) is 7.74. The van der Waals surface area contributed by atoms with Crippen LogP contribution in [0.4, 0.5) is 0 Å². The highest BCUT2D eigenvalue weighted by molar-refractivity contribution is 7.89. The average molecular weight is 433 g/mol. The number of halogens is 1. The third kappa shape index (κ3) is 4.46. The van der Waals surface area contributed by atoms with Gasteiger partial charge in [-0.25, -0.2) is 18.1 Å². The maximum atomic E-state index is 12.7. The van der Waals surface area contributed by atoms with Gasteiger partial charge in [0, 0.05) is 29.1 Å². The number of hydrogen-bond acceptors (Lipinski definition) is 4. The predicted molar refractivity (Wildman–Crippen MR) is 114 cm³/mol. The highest BCUT2D eigenvalue weighted by Gasteiger charge is 2.25. The van der Waals surface area contributed by atoms with Crippen molar-refractivity contribution in [2.24, 2.45) is 0 Å². The molecular formula is C21H21ClN2O2S2. The summed E-state index contributed by atoms with van der Waals surface area (Å²) >= 11 is 7.55. The van der Waals surface area contributed by atoms with Gasteiger partial charge in [0.15, 0.2) is 0 Å². The summed E-state index contributed by atoms with van der Waals surface area (Å²) in [4.78, 5) is 4.61. The number of thiazole rings is 1. The van der Waals surface area contributed by atoms with Crippen molar-refractivity contribution in [1.29, 1.82) is 0 Å². The Morgan fingerprint density at radius 2 is 1.96 bits per heavy atom. The SMILES string of the molecule is O=S(=O)(NC1CCc2c(CCc3nccs3)cccc2C1)c1ccc(Cl)cc1. The zero-order chi connectivity index (χ0) is 19.6. The fourth-order valence-electron chi connectivity index (χ4n) is 3.74. The molecule has 2 aromatic carbocycles. The lowest BCUT2D eigenvalue weighted by Gasteiger charge is -2.27.